The van der Waals surface area contributed by atoms with Crippen molar-refractivity contribution in [3.05, 3.63) is 50.9 Å². The molecule has 18 heavy (non-hydrogen) atoms. The first-order valence-corrected chi connectivity index (χ1v) is 6.34. The van der Waals surface area contributed by atoms with Crippen LogP contribution in [-0.4, -0.2) is 9.97 Å². The number of halogens is 1. The van der Waals surface area contributed by atoms with E-state index in [-0.39, 0.29) is 5.56 Å². The molecule has 2 rings (SSSR count). The predicted octanol–water partition coefficient (Wildman–Crippen LogP) is 3.35. The lowest BCUT2D eigenvalue weighted by Crippen LogP contribution is -2.10. The fraction of sp³-hybridized carbons (Fsp3) is 0.286. The quantitative estimate of drug-likeness (QED) is 0.922. The Morgan fingerprint density at radius 3 is 2.78 bits per heavy atom. The summed E-state index contributed by atoms with van der Waals surface area (Å²) in [6, 6.07) is 7.10. The van der Waals surface area contributed by atoms with Gasteiger partial charge in [0, 0.05) is 22.3 Å². The molecule has 0 aliphatic heterocycles. The molecule has 1 heterocycles. The molecule has 4 heteroatoms. The van der Waals surface area contributed by atoms with Gasteiger partial charge < -0.3 is 4.98 Å². The number of rotatable bonds is 3. The number of hydrogen-bond donors (Lipinski definition) is 1. The summed E-state index contributed by atoms with van der Waals surface area (Å²) in [5.41, 5.74) is 2.62. The van der Waals surface area contributed by atoms with Crippen molar-refractivity contribution in [3.63, 3.8) is 0 Å². The molecule has 0 saturated heterocycles. The van der Waals surface area contributed by atoms with E-state index in [1.54, 1.807) is 12.1 Å². The predicted molar refractivity (Wildman–Crippen MR) is 74.0 cm³/mol. The van der Waals surface area contributed by atoms with E-state index in [1.807, 2.05) is 19.1 Å². The number of hydrogen-bond acceptors (Lipinski definition) is 2. The average molecular weight is 263 g/mol. The summed E-state index contributed by atoms with van der Waals surface area (Å²) in [6.07, 6.45) is 1.78. The lowest BCUT2D eigenvalue weighted by atomic mass is 10.1. The number of nitrogens with zero attached hydrogens (tertiary/aromatic N) is 1. The number of H-pyrrole nitrogens is 1. The lowest BCUT2D eigenvalue weighted by molar-refractivity contribution is 0.869. The molecule has 0 spiro atoms. The molecule has 3 nitrogen and oxygen atoms in total. The van der Waals surface area contributed by atoms with Gasteiger partial charge in [0.25, 0.3) is 5.56 Å². The van der Waals surface area contributed by atoms with E-state index in [9.17, 15) is 4.79 Å². The standard InChI is InChI=1S/C14H15ClN2O/c1-3-4-11-8-13(18)17-14(16-11)12-6-5-10(15)7-9(12)2/h5-8H,3-4H2,1-2H3,(H,16,17,18). The Hall–Kier alpha value is -1.61. The van der Waals surface area contributed by atoms with Gasteiger partial charge in [-0.1, -0.05) is 24.9 Å². The molecule has 0 unspecified atom stereocenters. The molecule has 94 valence electrons. The van der Waals surface area contributed by atoms with Gasteiger partial charge in [-0.25, -0.2) is 4.98 Å². The van der Waals surface area contributed by atoms with Crippen LogP contribution in [0.2, 0.25) is 5.02 Å². The third kappa shape index (κ3) is 2.79. The van der Waals surface area contributed by atoms with Crippen molar-refractivity contribution < 1.29 is 0 Å². The van der Waals surface area contributed by atoms with Gasteiger partial charge in [-0.05, 0) is 37.1 Å². The molecule has 0 aliphatic rings. The zero-order valence-corrected chi connectivity index (χ0v) is 11.2. The maximum Gasteiger partial charge on any atom is 0.251 e. The summed E-state index contributed by atoms with van der Waals surface area (Å²) in [5.74, 6) is 0.611. The Kier molecular flexibility index (Phi) is 3.82. The summed E-state index contributed by atoms with van der Waals surface area (Å²) < 4.78 is 0. The van der Waals surface area contributed by atoms with Crippen molar-refractivity contribution in [3.8, 4) is 11.4 Å². The molecule has 0 bridgehead atoms. The van der Waals surface area contributed by atoms with Crippen LogP contribution in [0.3, 0.4) is 0 Å². The summed E-state index contributed by atoms with van der Waals surface area (Å²) in [4.78, 5) is 18.9. The largest absolute Gasteiger partial charge is 0.307 e. The molecule has 1 aromatic heterocycles. The fourth-order valence-electron chi connectivity index (χ4n) is 1.91. The third-order valence-corrected chi connectivity index (χ3v) is 2.98. The Morgan fingerprint density at radius 2 is 2.11 bits per heavy atom. The molecular weight excluding hydrogens is 248 g/mol. The number of aryl methyl sites for hydroxylation is 2. The van der Waals surface area contributed by atoms with Crippen molar-refractivity contribution in [2.75, 3.05) is 0 Å². The fourth-order valence-corrected chi connectivity index (χ4v) is 2.14. The van der Waals surface area contributed by atoms with Gasteiger partial charge in [0.2, 0.25) is 0 Å². The second kappa shape index (κ2) is 5.36. The minimum absolute atomic E-state index is 0.113. The maximum absolute atomic E-state index is 11.6. The molecule has 0 radical (unpaired) electrons. The summed E-state index contributed by atoms with van der Waals surface area (Å²) >= 11 is 5.92. The van der Waals surface area contributed by atoms with Crippen molar-refractivity contribution in [2.24, 2.45) is 0 Å². The first-order valence-electron chi connectivity index (χ1n) is 5.97. The van der Waals surface area contributed by atoms with E-state index < -0.39 is 0 Å². The van der Waals surface area contributed by atoms with Gasteiger partial charge in [-0.2, -0.15) is 0 Å². The van der Waals surface area contributed by atoms with Crippen LogP contribution in [0.1, 0.15) is 24.6 Å². The second-order valence-electron chi connectivity index (χ2n) is 4.29. The number of aromatic amines is 1. The van der Waals surface area contributed by atoms with Crippen LogP contribution in [-0.2, 0) is 6.42 Å². The normalized spacial score (nSPS) is 10.6. The number of aromatic nitrogens is 2. The molecule has 2 aromatic rings. The van der Waals surface area contributed by atoms with Crippen LogP contribution >= 0.6 is 11.6 Å². The van der Waals surface area contributed by atoms with Crippen molar-refractivity contribution >= 4 is 11.6 Å². The molecule has 1 aromatic carbocycles. The van der Waals surface area contributed by atoms with Crippen LogP contribution in [0.15, 0.2) is 29.1 Å². The first kappa shape index (κ1) is 12.8. The van der Waals surface area contributed by atoms with Crippen LogP contribution in [0, 0.1) is 6.92 Å². The Morgan fingerprint density at radius 1 is 1.33 bits per heavy atom. The highest BCUT2D eigenvalue weighted by atomic mass is 35.5. The van der Waals surface area contributed by atoms with Crippen LogP contribution < -0.4 is 5.56 Å². The third-order valence-electron chi connectivity index (χ3n) is 2.74. The van der Waals surface area contributed by atoms with Crippen LogP contribution in [0.4, 0.5) is 0 Å². The lowest BCUT2D eigenvalue weighted by Gasteiger charge is -2.07. The SMILES string of the molecule is CCCc1cc(=O)[nH]c(-c2ccc(Cl)cc2C)n1. The van der Waals surface area contributed by atoms with E-state index in [1.165, 1.54) is 0 Å². The highest BCUT2D eigenvalue weighted by Gasteiger charge is 2.07. The first-order chi connectivity index (χ1) is 8.60. The molecule has 0 aliphatic carbocycles. The summed E-state index contributed by atoms with van der Waals surface area (Å²) in [7, 11) is 0. The Balaban J connectivity index is 2.53. The van der Waals surface area contributed by atoms with E-state index in [0.717, 1.165) is 29.7 Å². The summed E-state index contributed by atoms with van der Waals surface area (Å²) in [6.45, 7) is 4.02. The van der Waals surface area contributed by atoms with Gasteiger partial charge in [0.15, 0.2) is 0 Å². The second-order valence-corrected chi connectivity index (χ2v) is 4.73. The minimum atomic E-state index is -0.113. The van der Waals surface area contributed by atoms with E-state index in [0.29, 0.717) is 10.8 Å². The highest BCUT2D eigenvalue weighted by Crippen LogP contribution is 2.22. The zero-order valence-electron chi connectivity index (χ0n) is 10.5. The monoisotopic (exact) mass is 262 g/mol. The van der Waals surface area contributed by atoms with Crippen LogP contribution in [0.25, 0.3) is 11.4 Å². The van der Waals surface area contributed by atoms with Gasteiger partial charge in [0.05, 0.1) is 0 Å². The Labute approximate surface area is 111 Å². The number of benzene rings is 1. The van der Waals surface area contributed by atoms with Crippen molar-refractivity contribution in [1.82, 2.24) is 9.97 Å². The van der Waals surface area contributed by atoms with Gasteiger partial charge >= 0.3 is 0 Å². The van der Waals surface area contributed by atoms with Gasteiger partial charge in [-0.15, -0.1) is 0 Å². The van der Waals surface area contributed by atoms with Crippen molar-refractivity contribution in [2.45, 2.75) is 26.7 Å². The van der Waals surface area contributed by atoms with Gasteiger partial charge in [-0.3, -0.25) is 4.79 Å². The molecule has 1 N–H and O–H groups in total. The van der Waals surface area contributed by atoms with Gasteiger partial charge in [0.1, 0.15) is 5.82 Å². The Bertz CT molecular complexity index is 619. The smallest absolute Gasteiger partial charge is 0.251 e. The number of nitrogens with one attached hydrogen (secondary N) is 1. The average Bonchev–Trinajstić information content (AvgIpc) is 2.28. The zero-order chi connectivity index (χ0) is 13.1. The minimum Gasteiger partial charge on any atom is -0.307 e. The van der Waals surface area contributed by atoms with Crippen molar-refractivity contribution in [1.29, 1.82) is 0 Å². The highest BCUT2D eigenvalue weighted by molar-refractivity contribution is 6.30. The molecule has 0 saturated carbocycles. The topological polar surface area (TPSA) is 45.8 Å². The molecule has 0 fully saturated rings. The molecule has 0 amide bonds. The van der Waals surface area contributed by atoms with E-state index >= 15 is 0 Å². The molecule has 0 atom stereocenters. The van der Waals surface area contributed by atoms with Crippen LogP contribution in [0.5, 0.6) is 0 Å². The maximum atomic E-state index is 11.6. The summed E-state index contributed by atoms with van der Waals surface area (Å²) in [5, 5.41) is 0.684. The molecular formula is C14H15ClN2O. The van der Waals surface area contributed by atoms with E-state index in [2.05, 4.69) is 16.9 Å². The van der Waals surface area contributed by atoms with E-state index in [4.69, 9.17) is 11.6 Å².